The molecule has 0 spiro atoms. The highest BCUT2D eigenvalue weighted by molar-refractivity contribution is 5.65. The van der Waals surface area contributed by atoms with Gasteiger partial charge in [0, 0.05) is 5.56 Å². The first-order valence-corrected chi connectivity index (χ1v) is 6.22. The minimum absolute atomic E-state index is 0.0229. The Balaban J connectivity index is 2.05. The van der Waals surface area contributed by atoms with Gasteiger partial charge in [-0.3, -0.25) is 0 Å². The summed E-state index contributed by atoms with van der Waals surface area (Å²) >= 11 is 0. The monoisotopic (exact) mass is 282 g/mol. The molecule has 0 aliphatic rings. The van der Waals surface area contributed by atoms with Crippen molar-refractivity contribution in [2.45, 2.75) is 0 Å². The van der Waals surface area contributed by atoms with E-state index in [0.717, 1.165) is 5.56 Å². The Labute approximate surface area is 120 Å². The summed E-state index contributed by atoms with van der Waals surface area (Å²) in [7, 11) is 0. The van der Waals surface area contributed by atoms with Crippen LogP contribution in [-0.4, -0.2) is 15.2 Å². The maximum Gasteiger partial charge on any atom is 0.266 e. The van der Waals surface area contributed by atoms with Crippen LogP contribution in [0.3, 0.4) is 0 Å². The zero-order valence-electron chi connectivity index (χ0n) is 10.9. The smallest absolute Gasteiger partial charge is 0.266 e. The summed E-state index contributed by atoms with van der Waals surface area (Å²) < 4.78 is 19.2. The van der Waals surface area contributed by atoms with Gasteiger partial charge in [-0.05, 0) is 12.1 Å². The van der Waals surface area contributed by atoms with Gasteiger partial charge in [-0.25, -0.2) is 9.37 Å². The highest BCUT2D eigenvalue weighted by Gasteiger charge is 2.14. The summed E-state index contributed by atoms with van der Waals surface area (Å²) in [6.45, 7) is 0. The zero-order chi connectivity index (χ0) is 14.7. The predicted octanol–water partition coefficient (Wildman–Crippen LogP) is 3.05. The van der Waals surface area contributed by atoms with Crippen LogP contribution in [0.25, 0.3) is 11.3 Å². The van der Waals surface area contributed by atoms with Crippen molar-refractivity contribution in [1.82, 2.24) is 15.2 Å². The van der Waals surface area contributed by atoms with Gasteiger partial charge in [0.05, 0.1) is 0 Å². The van der Waals surface area contributed by atoms with Crippen molar-refractivity contribution in [2.24, 2.45) is 0 Å². The highest BCUT2D eigenvalue weighted by atomic mass is 19.1. The first-order chi connectivity index (χ1) is 10.2. The first kappa shape index (κ1) is 13.0. The van der Waals surface area contributed by atoms with E-state index < -0.39 is 5.82 Å². The van der Waals surface area contributed by atoms with Gasteiger partial charge < -0.3 is 10.5 Å². The first-order valence-electron chi connectivity index (χ1n) is 6.22. The van der Waals surface area contributed by atoms with Gasteiger partial charge in [-0.2, -0.15) is 0 Å². The van der Waals surface area contributed by atoms with Crippen LogP contribution in [0.4, 0.5) is 10.3 Å². The van der Waals surface area contributed by atoms with E-state index in [-0.39, 0.29) is 17.6 Å². The molecule has 0 saturated heterocycles. The van der Waals surface area contributed by atoms with Crippen molar-refractivity contribution in [3.63, 3.8) is 0 Å². The van der Waals surface area contributed by atoms with Crippen molar-refractivity contribution in [3.8, 4) is 22.9 Å². The topological polar surface area (TPSA) is 73.9 Å². The van der Waals surface area contributed by atoms with Crippen LogP contribution >= 0.6 is 0 Å². The molecule has 104 valence electrons. The maximum absolute atomic E-state index is 13.7. The predicted molar refractivity (Wildman–Crippen MR) is 76.1 cm³/mol. The van der Waals surface area contributed by atoms with Crippen LogP contribution in [0.15, 0.2) is 54.6 Å². The lowest BCUT2D eigenvalue weighted by molar-refractivity contribution is 0.421. The van der Waals surface area contributed by atoms with E-state index in [9.17, 15) is 4.39 Å². The van der Waals surface area contributed by atoms with Gasteiger partial charge >= 0.3 is 0 Å². The number of hydrogen-bond acceptors (Lipinski definition) is 5. The number of para-hydroxylation sites is 1. The Hall–Kier alpha value is -3.02. The molecule has 0 fully saturated rings. The number of ether oxygens (including phenoxy) is 1. The third-order valence-electron chi connectivity index (χ3n) is 2.76. The van der Waals surface area contributed by atoms with Crippen LogP contribution < -0.4 is 10.5 Å². The van der Waals surface area contributed by atoms with E-state index in [1.165, 1.54) is 12.1 Å². The molecule has 3 rings (SSSR count). The minimum atomic E-state index is -0.491. The van der Waals surface area contributed by atoms with Crippen molar-refractivity contribution < 1.29 is 9.13 Å². The van der Waals surface area contributed by atoms with Gasteiger partial charge in [0.2, 0.25) is 5.95 Å². The van der Waals surface area contributed by atoms with Crippen LogP contribution in [-0.2, 0) is 0 Å². The molecule has 1 heterocycles. The molecule has 0 amide bonds. The molecule has 0 aliphatic carbocycles. The number of benzene rings is 2. The lowest BCUT2D eigenvalue weighted by atomic mass is 10.1. The molecule has 2 N–H and O–H groups in total. The maximum atomic E-state index is 13.7. The Morgan fingerprint density at radius 1 is 0.905 bits per heavy atom. The molecule has 0 aliphatic heterocycles. The van der Waals surface area contributed by atoms with Crippen molar-refractivity contribution >= 4 is 5.95 Å². The number of rotatable bonds is 3. The molecule has 5 nitrogen and oxygen atoms in total. The third-order valence-corrected chi connectivity index (χ3v) is 2.76. The standard InChI is InChI=1S/C15H11FN4O/c16-11-8-4-5-9-12(11)21-14-13(18-15(17)20-19-14)10-6-2-1-3-7-10/h1-9H,(H2,17,18,20). The molecule has 6 heteroatoms. The lowest BCUT2D eigenvalue weighted by Crippen LogP contribution is -2.03. The van der Waals surface area contributed by atoms with E-state index in [1.54, 1.807) is 12.1 Å². The minimum Gasteiger partial charge on any atom is -0.433 e. The van der Waals surface area contributed by atoms with E-state index in [4.69, 9.17) is 10.5 Å². The number of nitrogen functional groups attached to an aromatic ring is 1. The fraction of sp³-hybridized carbons (Fsp3) is 0. The van der Waals surface area contributed by atoms with Gasteiger partial charge in [0.1, 0.15) is 5.69 Å². The molecular weight excluding hydrogens is 271 g/mol. The zero-order valence-corrected chi connectivity index (χ0v) is 10.9. The Kier molecular flexibility index (Phi) is 3.42. The summed E-state index contributed by atoms with van der Waals surface area (Å²) in [6, 6.07) is 15.3. The van der Waals surface area contributed by atoms with Gasteiger partial charge in [-0.15, -0.1) is 10.2 Å². The Bertz CT molecular complexity index is 765. The van der Waals surface area contributed by atoms with Crippen molar-refractivity contribution in [3.05, 3.63) is 60.4 Å². The number of halogens is 1. The fourth-order valence-electron chi connectivity index (χ4n) is 1.81. The van der Waals surface area contributed by atoms with E-state index in [0.29, 0.717) is 5.69 Å². The van der Waals surface area contributed by atoms with E-state index in [1.807, 2.05) is 30.3 Å². The largest absolute Gasteiger partial charge is 0.433 e. The van der Waals surface area contributed by atoms with Crippen molar-refractivity contribution in [1.29, 1.82) is 0 Å². The van der Waals surface area contributed by atoms with E-state index in [2.05, 4.69) is 15.2 Å². The highest BCUT2D eigenvalue weighted by Crippen LogP contribution is 2.30. The second-order valence-corrected chi connectivity index (χ2v) is 4.22. The Morgan fingerprint density at radius 3 is 2.38 bits per heavy atom. The van der Waals surface area contributed by atoms with Gasteiger partial charge in [0.25, 0.3) is 5.88 Å². The fourth-order valence-corrected chi connectivity index (χ4v) is 1.81. The number of nitrogens with zero attached hydrogens (tertiary/aromatic N) is 3. The summed E-state index contributed by atoms with van der Waals surface area (Å²) in [4.78, 5) is 4.13. The number of anilines is 1. The van der Waals surface area contributed by atoms with Gasteiger partial charge in [-0.1, -0.05) is 42.5 Å². The summed E-state index contributed by atoms with van der Waals surface area (Å²) in [5, 5.41) is 7.52. The van der Waals surface area contributed by atoms with Crippen LogP contribution in [0.2, 0.25) is 0 Å². The average molecular weight is 282 g/mol. The second kappa shape index (κ2) is 5.54. The average Bonchev–Trinajstić information content (AvgIpc) is 2.52. The number of nitrogens with two attached hydrogens (primary N) is 1. The molecule has 21 heavy (non-hydrogen) atoms. The molecule has 0 saturated carbocycles. The molecule has 0 radical (unpaired) electrons. The summed E-state index contributed by atoms with van der Waals surface area (Å²) in [6.07, 6.45) is 0. The second-order valence-electron chi connectivity index (χ2n) is 4.22. The molecule has 0 atom stereocenters. The number of hydrogen-bond donors (Lipinski definition) is 1. The summed E-state index contributed by atoms with van der Waals surface area (Å²) in [5.74, 6) is -0.319. The SMILES string of the molecule is Nc1nnc(Oc2ccccc2F)c(-c2ccccc2)n1. The molecule has 0 bridgehead atoms. The van der Waals surface area contributed by atoms with E-state index >= 15 is 0 Å². The van der Waals surface area contributed by atoms with Crippen LogP contribution in [0.5, 0.6) is 11.6 Å². The normalized spacial score (nSPS) is 10.3. The van der Waals surface area contributed by atoms with Gasteiger partial charge in [0.15, 0.2) is 11.6 Å². The molecule has 3 aromatic rings. The lowest BCUT2D eigenvalue weighted by Gasteiger charge is -2.09. The quantitative estimate of drug-likeness (QED) is 0.799. The van der Waals surface area contributed by atoms with Crippen LogP contribution in [0, 0.1) is 5.82 Å². The number of aromatic nitrogens is 3. The van der Waals surface area contributed by atoms with Crippen LogP contribution in [0.1, 0.15) is 0 Å². The molecular formula is C15H11FN4O. The van der Waals surface area contributed by atoms with Crippen molar-refractivity contribution in [2.75, 3.05) is 5.73 Å². The Morgan fingerprint density at radius 2 is 1.62 bits per heavy atom. The third kappa shape index (κ3) is 2.79. The summed E-state index contributed by atoms with van der Waals surface area (Å²) in [5.41, 5.74) is 6.74. The molecule has 2 aromatic carbocycles. The molecule has 0 unspecified atom stereocenters. The molecule has 1 aromatic heterocycles.